The number of carbonyl (C=O) groups excluding carboxylic acids is 1. The van der Waals surface area contributed by atoms with Crippen molar-refractivity contribution in [3.8, 4) is 0 Å². The van der Waals surface area contributed by atoms with Gasteiger partial charge in [0, 0.05) is 5.70 Å². The highest BCUT2D eigenvalue weighted by atomic mass is 16.5. The smallest absolute Gasteiger partial charge is 0.338 e. The van der Waals surface area contributed by atoms with E-state index in [1.165, 1.54) is 0 Å². The van der Waals surface area contributed by atoms with Crippen LogP contribution in [0.3, 0.4) is 0 Å². The summed E-state index contributed by atoms with van der Waals surface area (Å²) in [6.45, 7) is 7.71. The van der Waals surface area contributed by atoms with E-state index in [4.69, 9.17) is 9.72 Å². The molecule has 1 N–H and O–H groups in total. The van der Waals surface area contributed by atoms with Crippen LogP contribution in [0.15, 0.2) is 59.8 Å². The Balaban J connectivity index is 1.99. The average Bonchev–Trinajstić information content (AvgIpc) is 2.98. The fourth-order valence-electron chi connectivity index (χ4n) is 3.69. The molecule has 1 atom stereocenters. The number of carbonyl (C=O) groups is 1. The van der Waals surface area contributed by atoms with Crippen molar-refractivity contribution in [2.45, 2.75) is 39.8 Å². The number of allylic oxidation sites excluding steroid dienone is 1. The van der Waals surface area contributed by atoms with Gasteiger partial charge in [0.25, 0.3) is 0 Å². The first kappa shape index (κ1) is 17.3. The van der Waals surface area contributed by atoms with Crippen LogP contribution in [0.4, 0.5) is 5.95 Å². The van der Waals surface area contributed by atoms with E-state index in [1.807, 2.05) is 57.2 Å². The molecule has 4 rings (SSSR count). The molecular weight excluding hydrogens is 338 g/mol. The zero-order valence-electron chi connectivity index (χ0n) is 16.0. The third kappa shape index (κ3) is 2.89. The van der Waals surface area contributed by atoms with Crippen molar-refractivity contribution in [1.82, 2.24) is 9.55 Å². The first-order chi connectivity index (χ1) is 13.0. The molecule has 0 unspecified atom stereocenters. The lowest BCUT2D eigenvalue weighted by molar-refractivity contribution is -0.143. The zero-order valence-corrected chi connectivity index (χ0v) is 16.0. The van der Waals surface area contributed by atoms with E-state index in [1.54, 1.807) is 0 Å². The Morgan fingerprint density at radius 1 is 1.11 bits per heavy atom. The Bertz CT molecular complexity index is 1060. The van der Waals surface area contributed by atoms with Crippen molar-refractivity contribution < 1.29 is 9.53 Å². The van der Waals surface area contributed by atoms with Crippen LogP contribution in [0.25, 0.3) is 11.0 Å². The number of hydrogen-bond donors (Lipinski definition) is 1. The number of ether oxygens (including phenoxy) is 1. The van der Waals surface area contributed by atoms with Gasteiger partial charge in [-0.1, -0.05) is 36.4 Å². The van der Waals surface area contributed by atoms with E-state index < -0.39 is 0 Å². The number of aryl methyl sites for hydroxylation is 1. The van der Waals surface area contributed by atoms with Gasteiger partial charge in [0.15, 0.2) is 0 Å². The molecule has 2 heterocycles. The minimum Gasteiger partial charge on any atom is -0.459 e. The third-order valence-corrected chi connectivity index (χ3v) is 4.88. The summed E-state index contributed by atoms with van der Waals surface area (Å²) in [5, 5.41) is 3.30. The monoisotopic (exact) mass is 361 g/mol. The maximum Gasteiger partial charge on any atom is 0.338 e. The summed E-state index contributed by atoms with van der Waals surface area (Å²) >= 11 is 0. The Hall–Kier alpha value is -3.08. The molecule has 1 aliphatic heterocycles. The largest absolute Gasteiger partial charge is 0.459 e. The van der Waals surface area contributed by atoms with E-state index >= 15 is 0 Å². The van der Waals surface area contributed by atoms with Gasteiger partial charge >= 0.3 is 5.97 Å². The molecule has 138 valence electrons. The number of nitrogens with zero attached hydrogens (tertiary/aromatic N) is 2. The molecule has 3 aromatic rings. The standard InChI is InChI=1S/C22H23N3O2/c1-13(2)27-21(26)19-15(4)23-22-24-17-11-7-8-12-18(17)25(22)20(19)16-10-6-5-9-14(16)3/h5-13,20H,1-4H3,(H,23,24)/t20-/m1/s1. The first-order valence-corrected chi connectivity index (χ1v) is 9.18. The van der Waals surface area contributed by atoms with E-state index in [-0.39, 0.29) is 18.1 Å². The van der Waals surface area contributed by atoms with Crippen LogP contribution in [0.2, 0.25) is 0 Å². The highest BCUT2D eigenvalue weighted by molar-refractivity contribution is 5.94. The zero-order chi connectivity index (χ0) is 19.1. The number of para-hydroxylation sites is 2. The van der Waals surface area contributed by atoms with Gasteiger partial charge in [-0.15, -0.1) is 0 Å². The Morgan fingerprint density at radius 2 is 1.81 bits per heavy atom. The van der Waals surface area contributed by atoms with Crippen LogP contribution in [-0.4, -0.2) is 21.6 Å². The highest BCUT2D eigenvalue weighted by Gasteiger charge is 2.35. The van der Waals surface area contributed by atoms with Gasteiger partial charge in [-0.2, -0.15) is 0 Å². The molecule has 1 aromatic heterocycles. The van der Waals surface area contributed by atoms with Gasteiger partial charge in [-0.3, -0.25) is 4.57 Å². The second-order valence-electron chi connectivity index (χ2n) is 7.17. The molecule has 0 aliphatic carbocycles. The lowest BCUT2D eigenvalue weighted by atomic mass is 9.92. The van der Waals surface area contributed by atoms with E-state index in [0.29, 0.717) is 5.57 Å². The second kappa shape index (κ2) is 6.58. The summed E-state index contributed by atoms with van der Waals surface area (Å²) < 4.78 is 7.68. The van der Waals surface area contributed by atoms with Crippen molar-refractivity contribution in [2.24, 2.45) is 0 Å². The summed E-state index contributed by atoms with van der Waals surface area (Å²) in [5.41, 5.74) is 5.46. The molecule has 0 bridgehead atoms. The number of nitrogens with one attached hydrogen (secondary N) is 1. The topological polar surface area (TPSA) is 56.2 Å². The molecule has 2 aromatic carbocycles. The van der Waals surface area contributed by atoms with Crippen molar-refractivity contribution in [2.75, 3.05) is 5.32 Å². The molecule has 5 nitrogen and oxygen atoms in total. The molecular formula is C22H23N3O2. The third-order valence-electron chi connectivity index (χ3n) is 4.88. The van der Waals surface area contributed by atoms with Crippen molar-refractivity contribution in [3.05, 3.63) is 70.9 Å². The summed E-state index contributed by atoms with van der Waals surface area (Å²) in [6.07, 6.45) is -0.184. The molecule has 0 amide bonds. The predicted molar refractivity (Wildman–Crippen MR) is 107 cm³/mol. The van der Waals surface area contributed by atoms with Gasteiger partial charge in [0.2, 0.25) is 5.95 Å². The molecule has 0 spiro atoms. The number of imidazole rings is 1. The number of aromatic nitrogens is 2. The van der Waals surface area contributed by atoms with Crippen LogP contribution >= 0.6 is 0 Å². The Labute approximate surface area is 158 Å². The van der Waals surface area contributed by atoms with E-state index in [2.05, 4.69) is 28.9 Å². The Morgan fingerprint density at radius 3 is 2.56 bits per heavy atom. The molecule has 1 aliphatic rings. The fraction of sp³-hybridized carbons (Fsp3) is 0.273. The fourth-order valence-corrected chi connectivity index (χ4v) is 3.69. The van der Waals surface area contributed by atoms with Crippen molar-refractivity contribution >= 4 is 23.0 Å². The minimum absolute atomic E-state index is 0.184. The molecule has 0 fully saturated rings. The summed E-state index contributed by atoms with van der Waals surface area (Å²) in [7, 11) is 0. The summed E-state index contributed by atoms with van der Waals surface area (Å²) in [5.74, 6) is 0.440. The number of benzene rings is 2. The van der Waals surface area contributed by atoms with Crippen molar-refractivity contribution in [3.63, 3.8) is 0 Å². The van der Waals surface area contributed by atoms with Crippen LogP contribution in [0.1, 0.15) is 37.9 Å². The molecule has 5 heteroatoms. The van der Waals surface area contributed by atoms with E-state index in [9.17, 15) is 4.79 Å². The second-order valence-corrected chi connectivity index (χ2v) is 7.17. The van der Waals surface area contributed by atoms with Crippen LogP contribution in [-0.2, 0) is 9.53 Å². The van der Waals surface area contributed by atoms with Crippen molar-refractivity contribution in [1.29, 1.82) is 0 Å². The normalized spacial score (nSPS) is 16.4. The minimum atomic E-state index is -0.299. The summed E-state index contributed by atoms with van der Waals surface area (Å²) in [4.78, 5) is 17.8. The maximum absolute atomic E-state index is 13.0. The van der Waals surface area contributed by atoms with Crippen LogP contribution < -0.4 is 5.32 Å². The van der Waals surface area contributed by atoms with Gasteiger partial charge < -0.3 is 10.1 Å². The van der Waals surface area contributed by atoms with E-state index in [0.717, 1.165) is 33.8 Å². The number of rotatable bonds is 3. The van der Waals surface area contributed by atoms with Crippen LogP contribution in [0.5, 0.6) is 0 Å². The highest BCUT2D eigenvalue weighted by Crippen LogP contribution is 2.40. The number of esters is 1. The quantitative estimate of drug-likeness (QED) is 0.694. The summed E-state index contributed by atoms with van der Waals surface area (Å²) in [6, 6.07) is 15.8. The van der Waals surface area contributed by atoms with Crippen LogP contribution in [0, 0.1) is 6.92 Å². The molecule has 27 heavy (non-hydrogen) atoms. The number of hydrogen-bond acceptors (Lipinski definition) is 4. The SMILES string of the molecule is CC1=C(C(=O)OC(C)C)[C@@H](c2ccccc2C)n2c(nc3ccccc32)N1. The van der Waals surface area contributed by atoms with Gasteiger partial charge in [-0.25, -0.2) is 9.78 Å². The molecule has 0 radical (unpaired) electrons. The number of fused-ring (bicyclic) bond motifs is 3. The average molecular weight is 361 g/mol. The lowest BCUT2D eigenvalue weighted by Gasteiger charge is -2.31. The van der Waals surface area contributed by atoms with Gasteiger partial charge in [-0.05, 0) is 51.0 Å². The maximum atomic E-state index is 13.0. The molecule has 0 saturated carbocycles. The lowest BCUT2D eigenvalue weighted by Crippen LogP contribution is -2.30. The first-order valence-electron chi connectivity index (χ1n) is 9.18. The number of anilines is 1. The predicted octanol–water partition coefficient (Wildman–Crippen LogP) is 4.59. The van der Waals surface area contributed by atoms with Gasteiger partial charge in [0.1, 0.15) is 0 Å². The molecule has 0 saturated heterocycles. The Kier molecular flexibility index (Phi) is 4.22. The van der Waals surface area contributed by atoms with Gasteiger partial charge in [0.05, 0.1) is 28.8 Å².